The Morgan fingerprint density at radius 2 is 1.56 bits per heavy atom. The molecule has 8 heteroatoms. The zero-order valence-corrected chi connectivity index (χ0v) is 23.4. The van der Waals surface area contributed by atoms with Gasteiger partial charge in [-0.1, -0.05) is 80.4 Å². The van der Waals surface area contributed by atoms with Crippen molar-refractivity contribution in [2.24, 2.45) is 0 Å². The average molecular weight is 548 g/mol. The summed E-state index contributed by atoms with van der Waals surface area (Å²) in [6, 6.07) is 24.1. The van der Waals surface area contributed by atoms with Gasteiger partial charge in [-0.05, 0) is 61.6 Å². The Labute approximate surface area is 231 Å². The Morgan fingerprint density at radius 1 is 0.923 bits per heavy atom. The van der Waals surface area contributed by atoms with Crippen molar-refractivity contribution in [1.82, 2.24) is 10.2 Å². The van der Waals surface area contributed by atoms with Crippen LogP contribution in [0.25, 0.3) is 0 Å². The molecule has 3 aromatic carbocycles. The van der Waals surface area contributed by atoms with E-state index in [-0.39, 0.29) is 23.4 Å². The Morgan fingerprint density at radius 3 is 2.18 bits per heavy atom. The number of nitrogens with zero attached hydrogens (tertiary/aromatic N) is 2. The van der Waals surface area contributed by atoms with Crippen LogP contribution < -0.4 is 9.62 Å². The number of benzene rings is 3. The van der Waals surface area contributed by atoms with Crippen LogP contribution in [0.4, 0.5) is 5.69 Å². The lowest BCUT2D eigenvalue weighted by Crippen LogP contribution is -2.53. The van der Waals surface area contributed by atoms with E-state index >= 15 is 0 Å². The normalized spacial score (nSPS) is 14.5. The smallest absolute Gasteiger partial charge is 0.264 e. The molecule has 2 amide bonds. The van der Waals surface area contributed by atoms with Crippen LogP contribution in [0.1, 0.15) is 50.2 Å². The number of aryl methyl sites for hydroxylation is 1. The summed E-state index contributed by atoms with van der Waals surface area (Å²) in [6.07, 6.45) is 4.44. The topological polar surface area (TPSA) is 86.8 Å². The van der Waals surface area contributed by atoms with Gasteiger partial charge in [0.2, 0.25) is 11.8 Å². The summed E-state index contributed by atoms with van der Waals surface area (Å²) in [6.45, 7) is 3.52. The highest BCUT2D eigenvalue weighted by Crippen LogP contribution is 2.26. The van der Waals surface area contributed by atoms with E-state index in [2.05, 4.69) is 5.32 Å². The molecule has 206 valence electrons. The third kappa shape index (κ3) is 7.06. The van der Waals surface area contributed by atoms with Crippen LogP contribution in [-0.2, 0) is 26.2 Å². The lowest BCUT2D eigenvalue weighted by Gasteiger charge is -2.33. The number of carbonyl (C=O) groups excluding carboxylic acids is 2. The first-order valence-electron chi connectivity index (χ1n) is 13.6. The number of carbonyl (C=O) groups is 2. The number of nitrogens with one attached hydrogen (secondary N) is 1. The molecule has 1 aliphatic carbocycles. The van der Waals surface area contributed by atoms with Crippen LogP contribution in [0.5, 0.6) is 0 Å². The maximum absolute atomic E-state index is 14.1. The highest BCUT2D eigenvalue weighted by Gasteiger charge is 2.34. The van der Waals surface area contributed by atoms with Gasteiger partial charge in [-0.15, -0.1) is 0 Å². The Balaban J connectivity index is 1.69. The predicted octanol–water partition coefficient (Wildman–Crippen LogP) is 5.06. The molecule has 0 aromatic heterocycles. The summed E-state index contributed by atoms with van der Waals surface area (Å²) in [5.41, 5.74) is 2.14. The first-order chi connectivity index (χ1) is 18.8. The number of sulfonamides is 1. The Kier molecular flexibility index (Phi) is 9.41. The van der Waals surface area contributed by atoms with Crippen LogP contribution in [0, 0.1) is 6.92 Å². The van der Waals surface area contributed by atoms with Gasteiger partial charge in [0.15, 0.2) is 0 Å². The molecule has 3 aromatic rings. The second-order valence-corrected chi connectivity index (χ2v) is 11.9. The molecule has 1 N–H and O–H groups in total. The second kappa shape index (κ2) is 12.9. The molecular formula is C31H37N3O4S. The van der Waals surface area contributed by atoms with Gasteiger partial charge < -0.3 is 10.2 Å². The molecule has 39 heavy (non-hydrogen) atoms. The Bertz CT molecular complexity index is 1360. The SMILES string of the molecule is CC[C@@H](C(=O)NC1CCCC1)N(Cc1ccccc1)C(=O)CN(c1cccc(C)c1)S(=O)(=O)c1ccccc1. The number of hydrogen-bond donors (Lipinski definition) is 1. The third-order valence-corrected chi connectivity index (χ3v) is 8.97. The van der Waals surface area contributed by atoms with Crippen molar-refractivity contribution in [2.75, 3.05) is 10.8 Å². The molecule has 1 atom stereocenters. The van der Waals surface area contributed by atoms with Crippen molar-refractivity contribution in [3.8, 4) is 0 Å². The summed E-state index contributed by atoms with van der Waals surface area (Å²) in [7, 11) is -4.06. The van der Waals surface area contributed by atoms with E-state index in [1.807, 2.05) is 50.2 Å². The van der Waals surface area contributed by atoms with Gasteiger partial charge in [-0.2, -0.15) is 0 Å². The average Bonchev–Trinajstić information content (AvgIpc) is 3.45. The summed E-state index contributed by atoms with van der Waals surface area (Å²) < 4.78 is 28.8. The van der Waals surface area contributed by atoms with Crippen molar-refractivity contribution in [3.63, 3.8) is 0 Å². The molecule has 7 nitrogen and oxygen atoms in total. The van der Waals surface area contributed by atoms with E-state index < -0.39 is 28.5 Å². The van der Waals surface area contributed by atoms with Gasteiger partial charge in [-0.3, -0.25) is 13.9 Å². The predicted molar refractivity (Wildman–Crippen MR) is 154 cm³/mol. The molecule has 0 unspecified atom stereocenters. The van der Waals surface area contributed by atoms with E-state index in [4.69, 9.17) is 0 Å². The zero-order valence-electron chi connectivity index (χ0n) is 22.6. The number of rotatable bonds is 11. The van der Waals surface area contributed by atoms with E-state index in [0.29, 0.717) is 12.1 Å². The molecule has 0 saturated heterocycles. The maximum Gasteiger partial charge on any atom is 0.264 e. The highest BCUT2D eigenvalue weighted by atomic mass is 32.2. The molecular weight excluding hydrogens is 510 g/mol. The summed E-state index contributed by atoms with van der Waals surface area (Å²) >= 11 is 0. The molecule has 0 radical (unpaired) electrons. The Hall–Kier alpha value is -3.65. The van der Waals surface area contributed by atoms with Crippen molar-refractivity contribution in [3.05, 3.63) is 96.1 Å². The van der Waals surface area contributed by atoms with Crippen molar-refractivity contribution < 1.29 is 18.0 Å². The molecule has 0 aliphatic heterocycles. The quantitative estimate of drug-likeness (QED) is 0.364. The van der Waals surface area contributed by atoms with E-state index in [9.17, 15) is 18.0 Å². The second-order valence-electron chi connectivity index (χ2n) is 10.1. The van der Waals surface area contributed by atoms with Gasteiger partial charge in [-0.25, -0.2) is 8.42 Å². The lowest BCUT2D eigenvalue weighted by atomic mass is 10.1. The number of anilines is 1. The van der Waals surface area contributed by atoms with Crippen LogP contribution in [-0.4, -0.2) is 43.8 Å². The molecule has 0 heterocycles. The monoisotopic (exact) mass is 547 g/mol. The van der Waals surface area contributed by atoms with Crippen LogP contribution >= 0.6 is 0 Å². The zero-order chi connectivity index (χ0) is 27.8. The standard InChI is InChI=1S/C31H37N3O4S/c1-3-29(31(36)32-26-16-10-11-17-26)33(22-25-14-6-4-7-15-25)30(35)23-34(27-18-12-13-24(2)21-27)39(37,38)28-19-8-5-9-20-28/h4-9,12-15,18-21,26,29H,3,10-11,16-17,22-23H2,1-2H3,(H,32,36)/t29-/m0/s1. The first kappa shape index (κ1) is 28.4. The molecule has 1 fully saturated rings. The minimum Gasteiger partial charge on any atom is -0.352 e. The first-order valence-corrected chi connectivity index (χ1v) is 15.0. The van der Waals surface area contributed by atoms with Gasteiger partial charge in [0, 0.05) is 12.6 Å². The van der Waals surface area contributed by atoms with Crippen LogP contribution in [0.2, 0.25) is 0 Å². The van der Waals surface area contributed by atoms with E-state index in [0.717, 1.165) is 41.1 Å². The number of hydrogen-bond acceptors (Lipinski definition) is 4. The molecule has 0 bridgehead atoms. The minimum absolute atomic E-state index is 0.0972. The summed E-state index contributed by atoms with van der Waals surface area (Å²) in [4.78, 5) is 29.2. The maximum atomic E-state index is 14.1. The lowest BCUT2D eigenvalue weighted by molar-refractivity contribution is -0.140. The van der Waals surface area contributed by atoms with Gasteiger partial charge >= 0.3 is 0 Å². The fourth-order valence-electron chi connectivity index (χ4n) is 5.10. The largest absolute Gasteiger partial charge is 0.352 e. The van der Waals surface area contributed by atoms with E-state index in [1.54, 1.807) is 36.4 Å². The molecule has 1 saturated carbocycles. The summed E-state index contributed by atoms with van der Waals surface area (Å²) in [5.74, 6) is -0.630. The molecule has 4 rings (SSSR count). The fraction of sp³-hybridized carbons (Fsp3) is 0.355. The summed E-state index contributed by atoms with van der Waals surface area (Å²) in [5, 5.41) is 3.13. The minimum atomic E-state index is -4.06. The third-order valence-electron chi connectivity index (χ3n) is 7.18. The fourth-order valence-corrected chi connectivity index (χ4v) is 6.53. The van der Waals surface area contributed by atoms with Crippen LogP contribution in [0.3, 0.4) is 0 Å². The van der Waals surface area contributed by atoms with Crippen LogP contribution in [0.15, 0.2) is 89.8 Å². The van der Waals surface area contributed by atoms with Gasteiger partial charge in [0.25, 0.3) is 10.0 Å². The van der Waals surface area contributed by atoms with Gasteiger partial charge in [0.05, 0.1) is 10.6 Å². The van der Waals surface area contributed by atoms with E-state index in [1.165, 1.54) is 17.0 Å². The van der Waals surface area contributed by atoms with Crippen molar-refractivity contribution in [1.29, 1.82) is 0 Å². The van der Waals surface area contributed by atoms with Crippen molar-refractivity contribution in [2.45, 2.75) is 69.5 Å². The number of amides is 2. The van der Waals surface area contributed by atoms with Crippen molar-refractivity contribution >= 4 is 27.5 Å². The molecule has 1 aliphatic rings. The highest BCUT2D eigenvalue weighted by molar-refractivity contribution is 7.92. The van der Waals surface area contributed by atoms with Gasteiger partial charge in [0.1, 0.15) is 12.6 Å². The molecule has 0 spiro atoms.